The van der Waals surface area contributed by atoms with Gasteiger partial charge in [0.2, 0.25) is 6.10 Å². The lowest BCUT2D eigenvalue weighted by Gasteiger charge is -2.00. The lowest BCUT2D eigenvalue weighted by Crippen LogP contribution is -1.88. The Labute approximate surface area is 161 Å². The quantitative estimate of drug-likeness (QED) is 0.498. The summed E-state index contributed by atoms with van der Waals surface area (Å²) in [5.41, 5.74) is 2.60. The molecule has 0 aliphatic carbocycles. The summed E-state index contributed by atoms with van der Waals surface area (Å²) in [5, 5.41) is 17.9. The molecule has 0 bridgehead atoms. The van der Waals surface area contributed by atoms with E-state index in [0.717, 1.165) is 16.7 Å². The van der Waals surface area contributed by atoms with Crippen LogP contribution in [0, 0.1) is 6.92 Å². The number of carbonyl (C=O) groups is 1. The number of aliphatic hydroxyl groups excluding tert-OH is 2. The van der Waals surface area contributed by atoms with Crippen LogP contribution in [-0.4, -0.2) is 16.0 Å². The molecule has 0 spiro atoms. The number of aliphatic hydroxyl groups is 2. The lowest BCUT2D eigenvalue weighted by atomic mass is 10.1. The molecule has 0 saturated heterocycles. The molecule has 27 heavy (non-hydrogen) atoms. The molecule has 3 nitrogen and oxygen atoms in total. The normalized spacial score (nSPS) is 11.7. The fourth-order valence-corrected chi connectivity index (χ4v) is 2.08. The first-order chi connectivity index (χ1) is 12.9. The Morgan fingerprint density at radius 1 is 0.741 bits per heavy atom. The first-order valence-electron chi connectivity index (χ1n) is 8.77. The number of hydrogen-bond donors (Lipinski definition) is 2. The highest BCUT2D eigenvalue weighted by Gasteiger charge is 2.02. The van der Waals surface area contributed by atoms with Crippen LogP contribution in [0.15, 0.2) is 91.0 Å². The molecule has 0 heterocycles. The molecule has 0 saturated carbocycles. The predicted molar refractivity (Wildman–Crippen MR) is 110 cm³/mol. The molecule has 2 atom stereocenters. The molecule has 3 rings (SSSR count). The summed E-state index contributed by atoms with van der Waals surface area (Å²) >= 11 is 0. The second kappa shape index (κ2) is 12.5. The summed E-state index contributed by atoms with van der Waals surface area (Å²) in [6.07, 6.45) is -0.933. The third kappa shape index (κ3) is 9.40. The zero-order valence-corrected chi connectivity index (χ0v) is 15.8. The summed E-state index contributed by atoms with van der Waals surface area (Å²) in [4.78, 5) is 10.6. The fraction of sp³-hybridized carbons (Fsp3) is 0.167. The first kappa shape index (κ1) is 22.2. The standard InChI is InChI=1S/C8H10O.C8H9O.C8H8O/c3*1-7(9)8-5-3-2-4-6-8/h2-7,9H,1H3;2-7,9H,1H2;2-6H,1H3/q;+1;/t2*7-;/m10./s1. The summed E-state index contributed by atoms with van der Waals surface area (Å²) in [5.74, 6) is 0.121. The molecule has 140 valence electrons. The second-order valence-corrected chi connectivity index (χ2v) is 5.94. The molecule has 0 aliphatic rings. The minimum atomic E-state index is -0.591. The van der Waals surface area contributed by atoms with E-state index in [2.05, 4.69) is 6.92 Å². The summed E-state index contributed by atoms with van der Waals surface area (Å²) in [7, 11) is 0. The van der Waals surface area contributed by atoms with E-state index in [4.69, 9.17) is 10.2 Å². The van der Waals surface area contributed by atoms with Crippen LogP contribution in [-0.2, 0) is 0 Å². The Morgan fingerprint density at radius 3 is 1.33 bits per heavy atom. The van der Waals surface area contributed by atoms with Gasteiger partial charge in [-0.1, -0.05) is 91.0 Å². The topological polar surface area (TPSA) is 57.5 Å². The maximum absolute atomic E-state index is 10.6. The van der Waals surface area contributed by atoms with Crippen LogP contribution < -0.4 is 0 Å². The van der Waals surface area contributed by atoms with Crippen LogP contribution in [0.1, 0.15) is 47.5 Å². The second-order valence-electron chi connectivity index (χ2n) is 5.94. The number of benzene rings is 3. The highest BCUT2D eigenvalue weighted by molar-refractivity contribution is 5.93. The molecule has 0 radical (unpaired) electrons. The van der Waals surface area contributed by atoms with E-state index in [-0.39, 0.29) is 11.9 Å². The minimum Gasteiger partial charge on any atom is -0.389 e. The van der Waals surface area contributed by atoms with Gasteiger partial charge in [0.1, 0.15) is 0 Å². The summed E-state index contributed by atoms with van der Waals surface area (Å²) < 4.78 is 0. The van der Waals surface area contributed by atoms with Gasteiger partial charge in [-0.3, -0.25) is 4.79 Å². The van der Waals surface area contributed by atoms with Crippen LogP contribution in [0.2, 0.25) is 0 Å². The first-order valence-corrected chi connectivity index (χ1v) is 8.77. The van der Waals surface area contributed by atoms with Crippen molar-refractivity contribution >= 4 is 5.78 Å². The van der Waals surface area contributed by atoms with E-state index in [1.54, 1.807) is 13.8 Å². The number of Topliss-reactive ketones (excluding diaryl/α,β-unsaturated/α-hetero) is 1. The monoisotopic (exact) mass is 363 g/mol. The summed E-state index contributed by atoms with van der Waals surface area (Å²) in [6.45, 7) is 6.79. The van der Waals surface area contributed by atoms with Crippen molar-refractivity contribution in [2.75, 3.05) is 0 Å². The molecule has 0 fully saturated rings. The van der Waals surface area contributed by atoms with E-state index in [1.807, 2.05) is 91.0 Å². The van der Waals surface area contributed by atoms with Crippen molar-refractivity contribution in [2.24, 2.45) is 0 Å². The molecule has 2 N–H and O–H groups in total. The van der Waals surface area contributed by atoms with Gasteiger partial charge in [0, 0.05) is 11.1 Å². The maximum Gasteiger partial charge on any atom is 0.218 e. The van der Waals surface area contributed by atoms with Gasteiger partial charge in [0.05, 0.1) is 13.0 Å². The van der Waals surface area contributed by atoms with Crippen molar-refractivity contribution < 1.29 is 15.0 Å². The van der Waals surface area contributed by atoms with Crippen molar-refractivity contribution in [3.8, 4) is 0 Å². The highest BCUT2D eigenvalue weighted by atomic mass is 16.3. The average molecular weight is 363 g/mol. The van der Waals surface area contributed by atoms with Gasteiger partial charge < -0.3 is 10.2 Å². The number of ketones is 1. The van der Waals surface area contributed by atoms with Gasteiger partial charge in [-0.2, -0.15) is 0 Å². The largest absolute Gasteiger partial charge is 0.389 e. The number of hydrogen-bond acceptors (Lipinski definition) is 3. The smallest absolute Gasteiger partial charge is 0.218 e. The van der Waals surface area contributed by atoms with E-state index < -0.39 is 6.10 Å². The summed E-state index contributed by atoms with van der Waals surface area (Å²) in [6, 6.07) is 28.2. The van der Waals surface area contributed by atoms with Crippen LogP contribution in [0.5, 0.6) is 0 Å². The molecule has 3 aromatic carbocycles. The molecule has 0 unspecified atom stereocenters. The predicted octanol–water partition coefficient (Wildman–Crippen LogP) is 5.18. The molecular weight excluding hydrogens is 336 g/mol. The lowest BCUT2D eigenvalue weighted by molar-refractivity contribution is 0.101. The van der Waals surface area contributed by atoms with Gasteiger partial charge in [-0.05, 0) is 19.4 Å². The van der Waals surface area contributed by atoms with Crippen LogP contribution in [0.4, 0.5) is 0 Å². The fourth-order valence-electron chi connectivity index (χ4n) is 2.08. The zero-order valence-electron chi connectivity index (χ0n) is 15.8. The van der Waals surface area contributed by atoms with Crippen LogP contribution in [0.25, 0.3) is 0 Å². The molecule has 3 heteroatoms. The number of rotatable bonds is 3. The third-order valence-electron chi connectivity index (χ3n) is 3.65. The maximum atomic E-state index is 10.6. The molecule has 0 aliphatic heterocycles. The van der Waals surface area contributed by atoms with Crippen molar-refractivity contribution in [1.82, 2.24) is 0 Å². The van der Waals surface area contributed by atoms with Crippen molar-refractivity contribution in [1.29, 1.82) is 0 Å². The van der Waals surface area contributed by atoms with Crippen molar-refractivity contribution in [2.45, 2.75) is 26.1 Å². The van der Waals surface area contributed by atoms with Crippen LogP contribution >= 0.6 is 0 Å². The SMILES string of the molecule is CC(=O)c1ccccc1.C[C@@H](O)c1ccccc1.[CH2+][C@H](O)c1ccccc1. The Hall–Kier alpha value is -2.88. The van der Waals surface area contributed by atoms with E-state index in [1.165, 1.54) is 0 Å². The van der Waals surface area contributed by atoms with E-state index in [0.29, 0.717) is 0 Å². The van der Waals surface area contributed by atoms with E-state index >= 15 is 0 Å². The highest BCUT2D eigenvalue weighted by Crippen LogP contribution is 2.09. The Kier molecular flexibility index (Phi) is 10.2. The van der Waals surface area contributed by atoms with Crippen molar-refractivity contribution in [3.05, 3.63) is 115 Å². The molecule has 3 aromatic rings. The Bertz CT molecular complexity index is 708. The molecular formula is C24H27O3+. The van der Waals surface area contributed by atoms with Gasteiger partial charge >= 0.3 is 0 Å². The van der Waals surface area contributed by atoms with Crippen LogP contribution in [0.3, 0.4) is 0 Å². The van der Waals surface area contributed by atoms with Crippen molar-refractivity contribution in [3.63, 3.8) is 0 Å². The third-order valence-corrected chi connectivity index (χ3v) is 3.65. The Morgan fingerprint density at radius 2 is 1.11 bits per heavy atom. The Balaban J connectivity index is 0.000000202. The molecule has 0 aromatic heterocycles. The average Bonchev–Trinajstić information content (AvgIpc) is 2.71. The molecule has 0 amide bonds. The van der Waals surface area contributed by atoms with Gasteiger partial charge in [-0.15, -0.1) is 0 Å². The minimum absolute atomic E-state index is 0.121. The van der Waals surface area contributed by atoms with Gasteiger partial charge in [0.15, 0.2) is 5.78 Å². The van der Waals surface area contributed by atoms with Gasteiger partial charge in [-0.25, -0.2) is 0 Å². The zero-order chi connectivity index (χ0) is 20.1. The number of carbonyl (C=O) groups excluding carboxylic acids is 1. The van der Waals surface area contributed by atoms with E-state index in [9.17, 15) is 4.79 Å². The van der Waals surface area contributed by atoms with Gasteiger partial charge in [0.25, 0.3) is 0 Å².